The van der Waals surface area contributed by atoms with E-state index >= 15 is 0 Å². The molecule has 7 heteroatoms. The average molecular weight is 433 g/mol. The molecule has 1 aromatic heterocycles. The summed E-state index contributed by atoms with van der Waals surface area (Å²) in [6.45, 7) is 2.06. The summed E-state index contributed by atoms with van der Waals surface area (Å²) in [6.07, 6.45) is 2.31. The van der Waals surface area contributed by atoms with E-state index in [2.05, 4.69) is 11.0 Å². The van der Waals surface area contributed by atoms with Gasteiger partial charge in [-0.25, -0.2) is 9.78 Å². The zero-order chi connectivity index (χ0) is 19.5. The van der Waals surface area contributed by atoms with Crippen molar-refractivity contribution in [3.8, 4) is 0 Å². The van der Waals surface area contributed by atoms with Gasteiger partial charge in [0.25, 0.3) is 0 Å². The third-order valence-corrected chi connectivity index (χ3v) is 7.50. The predicted octanol–water partition coefficient (Wildman–Crippen LogP) is 5.75. The summed E-state index contributed by atoms with van der Waals surface area (Å²) >= 11 is 9.63. The summed E-state index contributed by atoms with van der Waals surface area (Å²) in [6, 6.07) is 13.5. The smallest absolute Gasteiger partial charge is 0.337 e. The first kappa shape index (κ1) is 19.6. The fourth-order valence-electron chi connectivity index (χ4n) is 3.36. The maximum absolute atomic E-state index is 11.7. The Kier molecular flexibility index (Phi) is 6.09. The number of hydrogen-bond donors (Lipinski definition) is 0. The Morgan fingerprint density at radius 1 is 1.29 bits per heavy atom. The Morgan fingerprint density at radius 2 is 2.11 bits per heavy atom. The molecule has 4 nitrogen and oxygen atoms in total. The SMILES string of the molecule is COC(=O)c1cccc(SCC2CCN(c3nc4ccc(Cl)cc4s3)CC2)c1. The predicted molar refractivity (Wildman–Crippen MR) is 118 cm³/mol. The van der Waals surface area contributed by atoms with Crippen molar-refractivity contribution in [2.24, 2.45) is 5.92 Å². The third-order valence-electron chi connectivity index (χ3n) is 4.97. The first-order valence-corrected chi connectivity index (χ1v) is 11.4. The highest BCUT2D eigenvalue weighted by atomic mass is 35.5. The monoisotopic (exact) mass is 432 g/mol. The lowest BCUT2D eigenvalue weighted by Gasteiger charge is -2.31. The van der Waals surface area contributed by atoms with Crippen molar-refractivity contribution < 1.29 is 9.53 Å². The van der Waals surface area contributed by atoms with Crippen LogP contribution in [0.1, 0.15) is 23.2 Å². The van der Waals surface area contributed by atoms with Crippen LogP contribution in [0.5, 0.6) is 0 Å². The molecular weight excluding hydrogens is 412 g/mol. The van der Waals surface area contributed by atoms with Crippen LogP contribution < -0.4 is 4.90 Å². The van der Waals surface area contributed by atoms with Crippen LogP contribution in [0.15, 0.2) is 47.4 Å². The Bertz CT molecular complexity index is 983. The second-order valence-electron chi connectivity index (χ2n) is 6.87. The average Bonchev–Trinajstić information content (AvgIpc) is 3.15. The number of benzene rings is 2. The first-order valence-electron chi connectivity index (χ1n) is 9.24. The number of hydrogen-bond acceptors (Lipinski definition) is 6. The van der Waals surface area contributed by atoms with E-state index < -0.39 is 0 Å². The molecule has 0 atom stereocenters. The first-order chi connectivity index (χ1) is 13.6. The molecule has 1 fully saturated rings. The minimum Gasteiger partial charge on any atom is -0.465 e. The van der Waals surface area contributed by atoms with Gasteiger partial charge in [-0.05, 0) is 55.2 Å². The molecule has 146 valence electrons. The van der Waals surface area contributed by atoms with Gasteiger partial charge in [-0.2, -0.15) is 0 Å². The Labute approximate surface area is 177 Å². The molecule has 0 aliphatic carbocycles. The van der Waals surface area contributed by atoms with Crippen LogP contribution in [0, 0.1) is 5.92 Å². The van der Waals surface area contributed by atoms with Gasteiger partial charge in [0.05, 0.1) is 22.9 Å². The van der Waals surface area contributed by atoms with Crippen LogP contribution in [0.2, 0.25) is 5.02 Å². The molecule has 28 heavy (non-hydrogen) atoms. The molecule has 0 spiro atoms. The van der Waals surface area contributed by atoms with E-state index in [0.717, 1.165) is 57.0 Å². The van der Waals surface area contributed by atoms with Crippen molar-refractivity contribution >= 4 is 56.0 Å². The van der Waals surface area contributed by atoms with Crippen molar-refractivity contribution in [1.29, 1.82) is 0 Å². The van der Waals surface area contributed by atoms with Gasteiger partial charge >= 0.3 is 5.97 Å². The van der Waals surface area contributed by atoms with Gasteiger partial charge < -0.3 is 9.64 Å². The number of aromatic nitrogens is 1. The molecule has 0 unspecified atom stereocenters. The van der Waals surface area contributed by atoms with Crippen molar-refractivity contribution in [3.63, 3.8) is 0 Å². The van der Waals surface area contributed by atoms with E-state index in [1.807, 2.05) is 42.1 Å². The van der Waals surface area contributed by atoms with Crippen LogP contribution in [-0.2, 0) is 4.74 Å². The van der Waals surface area contributed by atoms with Crippen LogP contribution in [0.25, 0.3) is 10.2 Å². The van der Waals surface area contributed by atoms with E-state index in [9.17, 15) is 4.79 Å². The van der Waals surface area contributed by atoms with Crippen molar-refractivity contribution in [2.75, 3.05) is 30.9 Å². The van der Waals surface area contributed by atoms with Gasteiger partial charge in [-0.15, -0.1) is 11.8 Å². The number of thioether (sulfide) groups is 1. The molecule has 0 N–H and O–H groups in total. The van der Waals surface area contributed by atoms with Gasteiger partial charge in [0.1, 0.15) is 0 Å². The molecule has 2 aromatic carbocycles. The van der Waals surface area contributed by atoms with Crippen LogP contribution in [0.4, 0.5) is 5.13 Å². The molecule has 3 aromatic rings. The summed E-state index contributed by atoms with van der Waals surface area (Å²) in [5.41, 5.74) is 1.63. The minimum atomic E-state index is -0.284. The number of fused-ring (bicyclic) bond motifs is 1. The summed E-state index contributed by atoms with van der Waals surface area (Å²) in [5.74, 6) is 1.45. The molecule has 1 aliphatic rings. The van der Waals surface area contributed by atoms with Gasteiger partial charge in [0.15, 0.2) is 5.13 Å². The lowest BCUT2D eigenvalue weighted by Crippen LogP contribution is -2.34. The number of methoxy groups -OCH3 is 1. The number of carbonyl (C=O) groups is 1. The topological polar surface area (TPSA) is 42.4 Å². The molecule has 0 bridgehead atoms. The highest BCUT2D eigenvalue weighted by molar-refractivity contribution is 7.99. The number of anilines is 1. The molecule has 0 radical (unpaired) electrons. The van der Waals surface area contributed by atoms with Gasteiger partial charge in [-0.1, -0.05) is 29.0 Å². The molecule has 0 saturated carbocycles. The maximum atomic E-state index is 11.7. The Morgan fingerprint density at radius 3 is 2.89 bits per heavy atom. The van der Waals surface area contributed by atoms with E-state index in [0.29, 0.717) is 11.5 Å². The number of rotatable bonds is 5. The van der Waals surface area contributed by atoms with Crippen LogP contribution >= 0.6 is 34.7 Å². The number of esters is 1. The molecule has 2 heterocycles. The van der Waals surface area contributed by atoms with E-state index in [-0.39, 0.29) is 5.97 Å². The maximum Gasteiger partial charge on any atom is 0.337 e. The number of halogens is 1. The summed E-state index contributed by atoms with van der Waals surface area (Å²) in [4.78, 5) is 19.9. The summed E-state index contributed by atoms with van der Waals surface area (Å²) in [5, 5.41) is 1.85. The Hall–Kier alpha value is -1.76. The van der Waals surface area contributed by atoms with E-state index in [1.165, 1.54) is 7.11 Å². The molecule has 1 saturated heterocycles. The molecular formula is C21H21ClN2O2S2. The van der Waals surface area contributed by atoms with E-state index in [4.69, 9.17) is 21.3 Å². The second-order valence-corrected chi connectivity index (χ2v) is 9.41. The zero-order valence-electron chi connectivity index (χ0n) is 15.6. The minimum absolute atomic E-state index is 0.284. The van der Waals surface area contributed by atoms with Gasteiger partial charge in [0, 0.05) is 28.8 Å². The second kappa shape index (κ2) is 8.72. The fraction of sp³-hybridized carbons (Fsp3) is 0.333. The Balaban J connectivity index is 1.32. The number of piperidine rings is 1. The third kappa shape index (κ3) is 4.45. The number of ether oxygens (including phenoxy) is 1. The molecule has 4 rings (SSSR count). The van der Waals surface area contributed by atoms with Crippen molar-refractivity contribution in [2.45, 2.75) is 17.7 Å². The largest absolute Gasteiger partial charge is 0.465 e. The van der Waals surface area contributed by atoms with Crippen LogP contribution in [0.3, 0.4) is 0 Å². The quantitative estimate of drug-likeness (QED) is 0.379. The number of carbonyl (C=O) groups excluding carboxylic acids is 1. The highest BCUT2D eigenvalue weighted by Crippen LogP contribution is 2.34. The lowest BCUT2D eigenvalue weighted by atomic mass is 9.99. The fourth-order valence-corrected chi connectivity index (χ4v) is 5.80. The molecule has 0 amide bonds. The van der Waals surface area contributed by atoms with E-state index in [1.54, 1.807) is 17.4 Å². The standard InChI is InChI=1S/C21H21ClN2O2S2/c1-26-20(25)15-3-2-4-17(11-15)27-13-14-7-9-24(10-8-14)21-23-18-6-5-16(22)12-19(18)28-21/h2-6,11-12,14H,7-10,13H2,1H3. The molecule has 1 aliphatic heterocycles. The zero-order valence-corrected chi connectivity index (χ0v) is 17.9. The van der Waals surface area contributed by atoms with Crippen molar-refractivity contribution in [3.05, 3.63) is 53.1 Å². The number of nitrogens with zero attached hydrogens (tertiary/aromatic N) is 2. The lowest BCUT2D eigenvalue weighted by molar-refractivity contribution is 0.0600. The summed E-state index contributed by atoms with van der Waals surface area (Å²) in [7, 11) is 1.41. The summed E-state index contributed by atoms with van der Waals surface area (Å²) < 4.78 is 5.95. The van der Waals surface area contributed by atoms with Crippen molar-refractivity contribution in [1.82, 2.24) is 4.98 Å². The number of thiazole rings is 1. The highest BCUT2D eigenvalue weighted by Gasteiger charge is 2.22. The van der Waals surface area contributed by atoms with Gasteiger partial charge in [0.2, 0.25) is 0 Å². The normalized spacial score (nSPS) is 15.1. The van der Waals surface area contributed by atoms with Gasteiger partial charge in [-0.3, -0.25) is 0 Å². The van der Waals surface area contributed by atoms with Crippen LogP contribution in [-0.4, -0.2) is 36.9 Å².